The molecule has 0 aliphatic rings. The van der Waals surface area contributed by atoms with Gasteiger partial charge in [-0.05, 0) is 35.9 Å². The van der Waals surface area contributed by atoms with Gasteiger partial charge in [-0.1, -0.05) is 35.3 Å². The lowest BCUT2D eigenvalue weighted by atomic mass is 10.1. The molecule has 1 N–H and O–H groups in total. The first kappa shape index (κ1) is 14.7. The number of ether oxygens (including phenoxy) is 1. The Morgan fingerprint density at radius 1 is 1.10 bits per heavy atom. The number of methoxy groups -OCH3 is 1. The Morgan fingerprint density at radius 2 is 1.75 bits per heavy atom. The second-order valence-electron chi connectivity index (χ2n) is 4.16. The standard InChI is InChI=1S/C15H13Cl2NO2/c1-20-15(19)13-8-12(17)6-7-14(13)18-9-10-2-4-11(16)5-3-10/h2-8,18H,9H2,1H3. The molecule has 0 spiro atoms. The Balaban J connectivity index is 2.16. The molecule has 0 aromatic heterocycles. The van der Waals surface area contributed by atoms with Gasteiger partial charge in [0.1, 0.15) is 0 Å². The van der Waals surface area contributed by atoms with Gasteiger partial charge in [0.2, 0.25) is 0 Å². The lowest BCUT2D eigenvalue weighted by Gasteiger charge is -2.11. The van der Waals surface area contributed by atoms with Crippen molar-refractivity contribution in [2.24, 2.45) is 0 Å². The predicted molar refractivity (Wildman–Crippen MR) is 81.6 cm³/mol. The summed E-state index contributed by atoms with van der Waals surface area (Å²) in [4.78, 5) is 11.7. The number of benzene rings is 2. The van der Waals surface area contributed by atoms with Crippen molar-refractivity contribution in [2.45, 2.75) is 6.54 Å². The normalized spacial score (nSPS) is 10.2. The molecule has 2 aromatic rings. The van der Waals surface area contributed by atoms with Gasteiger partial charge in [-0.3, -0.25) is 0 Å². The summed E-state index contributed by atoms with van der Waals surface area (Å²) >= 11 is 11.7. The van der Waals surface area contributed by atoms with Crippen LogP contribution in [0.4, 0.5) is 5.69 Å². The summed E-state index contributed by atoms with van der Waals surface area (Å²) in [5, 5.41) is 4.37. The summed E-state index contributed by atoms with van der Waals surface area (Å²) in [6.07, 6.45) is 0. The molecule has 104 valence electrons. The molecule has 0 heterocycles. The van der Waals surface area contributed by atoms with Crippen LogP contribution in [-0.2, 0) is 11.3 Å². The fourth-order valence-corrected chi connectivity index (χ4v) is 2.05. The smallest absolute Gasteiger partial charge is 0.340 e. The van der Waals surface area contributed by atoms with Gasteiger partial charge in [-0.2, -0.15) is 0 Å². The van der Waals surface area contributed by atoms with Gasteiger partial charge in [0.05, 0.1) is 12.7 Å². The van der Waals surface area contributed by atoms with E-state index in [1.807, 2.05) is 24.3 Å². The third-order valence-corrected chi connectivity index (χ3v) is 3.27. The lowest BCUT2D eigenvalue weighted by Crippen LogP contribution is -2.08. The second kappa shape index (κ2) is 6.64. The Labute approximate surface area is 127 Å². The molecule has 0 saturated heterocycles. The van der Waals surface area contributed by atoms with Crippen LogP contribution in [-0.4, -0.2) is 13.1 Å². The minimum absolute atomic E-state index is 0.411. The van der Waals surface area contributed by atoms with E-state index >= 15 is 0 Å². The van der Waals surface area contributed by atoms with E-state index < -0.39 is 5.97 Å². The zero-order valence-corrected chi connectivity index (χ0v) is 12.3. The highest BCUT2D eigenvalue weighted by molar-refractivity contribution is 6.31. The average Bonchev–Trinajstić information content (AvgIpc) is 2.46. The van der Waals surface area contributed by atoms with Crippen LogP contribution < -0.4 is 5.32 Å². The SMILES string of the molecule is COC(=O)c1cc(Cl)ccc1NCc1ccc(Cl)cc1. The molecule has 3 nitrogen and oxygen atoms in total. The molecule has 0 aliphatic heterocycles. The van der Waals surface area contributed by atoms with Crippen LogP contribution in [0.25, 0.3) is 0 Å². The highest BCUT2D eigenvalue weighted by Crippen LogP contribution is 2.22. The van der Waals surface area contributed by atoms with Crippen molar-refractivity contribution in [2.75, 3.05) is 12.4 Å². The summed E-state index contributed by atoms with van der Waals surface area (Å²) in [7, 11) is 1.34. The zero-order valence-electron chi connectivity index (χ0n) is 10.8. The van der Waals surface area contributed by atoms with Gasteiger partial charge in [0.25, 0.3) is 0 Å². The minimum Gasteiger partial charge on any atom is -0.465 e. The Morgan fingerprint density at radius 3 is 2.40 bits per heavy atom. The molecule has 2 aromatic carbocycles. The van der Waals surface area contributed by atoms with Crippen molar-refractivity contribution in [3.8, 4) is 0 Å². The van der Waals surface area contributed by atoms with Crippen LogP contribution in [0.1, 0.15) is 15.9 Å². The van der Waals surface area contributed by atoms with Crippen molar-refractivity contribution >= 4 is 34.9 Å². The molecule has 0 unspecified atom stereocenters. The molecule has 0 amide bonds. The number of hydrogen-bond donors (Lipinski definition) is 1. The second-order valence-corrected chi connectivity index (χ2v) is 5.03. The number of carbonyl (C=O) groups excluding carboxylic acids is 1. The van der Waals surface area contributed by atoms with Crippen molar-refractivity contribution in [1.29, 1.82) is 0 Å². The molecule has 0 bridgehead atoms. The van der Waals surface area contributed by atoms with E-state index in [1.165, 1.54) is 7.11 Å². The van der Waals surface area contributed by atoms with Crippen LogP contribution >= 0.6 is 23.2 Å². The highest BCUT2D eigenvalue weighted by atomic mass is 35.5. The third kappa shape index (κ3) is 3.65. The molecule has 0 fully saturated rings. The summed E-state index contributed by atoms with van der Waals surface area (Å²) in [5.74, 6) is -0.425. The first-order valence-electron chi connectivity index (χ1n) is 5.96. The summed E-state index contributed by atoms with van der Waals surface area (Å²) in [6.45, 7) is 0.572. The Bertz CT molecular complexity index is 612. The molecular weight excluding hydrogens is 297 g/mol. The zero-order chi connectivity index (χ0) is 14.5. The topological polar surface area (TPSA) is 38.3 Å². The summed E-state index contributed by atoms with van der Waals surface area (Å²) in [5.41, 5.74) is 2.14. The van der Waals surface area contributed by atoms with E-state index in [9.17, 15) is 4.79 Å². The van der Waals surface area contributed by atoms with E-state index in [2.05, 4.69) is 5.32 Å². The van der Waals surface area contributed by atoms with Crippen LogP contribution in [0.3, 0.4) is 0 Å². The van der Waals surface area contributed by atoms with Gasteiger partial charge in [0, 0.05) is 22.3 Å². The van der Waals surface area contributed by atoms with E-state index in [-0.39, 0.29) is 0 Å². The van der Waals surface area contributed by atoms with Crippen LogP contribution in [0, 0.1) is 0 Å². The quantitative estimate of drug-likeness (QED) is 0.851. The molecular formula is C15H13Cl2NO2. The van der Waals surface area contributed by atoms with Crippen molar-refractivity contribution < 1.29 is 9.53 Å². The van der Waals surface area contributed by atoms with E-state index in [0.717, 1.165) is 5.56 Å². The highest BCUT2D eigenvalue weighted by Gasteiger charge is 2.12. The van der Waals surface area contributed by atoms with Crippen LogP contribution in [0.15, 0.2) is 42.5 Å². The molecule has 5 heteroatoms. The number of hydrogen-bond acceptors (Lipinski definition) is 3. The molecule has 0 radical (unpaired) electrons. The molecule has 20 heavy (non-hydrogen) atoms. The van der Waals surface area contributed by atoms with Gasteiger partial charge < -0.3 is 10.1 Å². The van der Waals surface area contributed by atoms with Crippen molar-refractivity contribution in [3.63, 3.8) is 0 Å². The maximum absolute atomic E-state index is 11.7. The molecule has 0 aliphatic carbocycles. The lowest BCUT2D eigenvalue weighted by molar-refractivity contribution is 0.0602. The average molecular weight is 310 g/mol. The van der Waals surface area contributed by atoms with E-state index in [1.54, 1.807) is 18.2 Å². The van der Waals surface area contributed by atoms with Crippen molar-refractivity contribution in [3.05, 3.63) is 63.6 Å². The van der Waals surface area contributed by atoms with Gasteiger partial charge in [0.15, 0.2) is 0 Å². The Hall–Kier alpha value is -1.71. The molecule has 0 saturated carbocycles. The predicted octanol–water partition coefficient (Wildman–Crippen LogP) is 4.39. The number of carbonyl (C=O) groups is 1. The van der Waals surface area contributed by atoms with Crippen LogP contribution in [0.5, 0.6) is 0 Å². The number of rotatable bonds is 4. The first-order chi connectivity index (χ1) is 9.60. The maximum Gasteiger partial charge on any atom is 0.340 e. The summed E-state index contributed by atoms with van der Waals surface area (Å²) < 4.78 is 4.74. The van der Waals surface area contributed by atoms with E-state index in [4.69, 9.17) is 27.9 Å². The minimum atomic E-state index is -0.425. The summed E-state index contributed by atoms with van der Waals surface area (Å²) in [6, 6.07) is 12.5. The van der Waals surface area contributed by atoms with Gasteiger partial charge in [-0.25, -0.2) is 4.79 Å². The number of esters is 1. The van der Waals surface area contributed by atoms with Crippen molar-refractivity contribution in [1.82, 2.24) is 0 Å². The molecule has 0 atom stereocenters. The fraction of sp³-hybridized carbons (Fsp3) is 0.133. The van der Waals surface area contributed by atoms with E-state index in [0.29, 0.717) is 27.8 Å². The monoisotopic (exact) mass is 309 g/mol. The number of anilines is 1. The number of halogens is 2. The first-order valence-corrected chi connectivity index (χ1v) is 6.72. The molecule has 2 rings (SSSR count). The van der Waals surface area contributed by atoms with Gasteiger partial charge in [-0.15, -0.1) is 0 Å². The maximum atomic E-state index is 11.7. The largest absolute Gasteiger partial charge is 0.465 e. The van der Waals surface area contributed by atoms with Gasteiger partial charge >= 0.3 is 5.97 Å². The Kier molecular flexibility index (Phi) is 4.88. The van der Waals surface area contributed by atoms with Crippen LogP contribution in [0.2, 0.25) is 10.0 Å². The fourth-order valence-electron chi connectivity index (χ4n) is 1.75. The number of nitrogens with one attached hydrogen (secondary N) is 1. The third-order valence-electron chi connectivity index (χ3n) is 2.78.